The normalized spacial score (nSPS) is 15.7. The first-order valence-corrected chi connectivity index (χ1v) is 9.30. The van der Waals surface area contributed by atoms with Crippen molar-refractivity contribution in [1.29, 1.82) is 0 Å². The van der Waals surface area contributed by atoms with Gasteiger partial charge in [0, 0.05) is 25.3 Å². The molecule has 0 aromatic heterocycles. The number of fused-ring (bicyclic) bond motifs is 2. The van der Waals surface area contributed by atoms with E-state index >= 15 is 0 Å². The van der Waals surface area contributed by atoms with E-state index < -0.39 is 0 Å². The fourth-order valence-electron chi connectivity index (χ4n) is 3.82. The minimum absolute atomic E-state index is 0.00801. The van der Waals surface area contributed by atoms with Crippen molar-refractivity contribution in [1.82, 2.24) is 10.2 Å². The number of nitrogens with zero attached hydrogens (tertiary/aromatic N) is 2. The maximum atomic E-state index is 12.9. The lowest BCUT2D eigenvalue weighted by molar-refractivity contribution is -0.125. The molecule has 0 fully saturated rings. The monoisotopic (exact) mass is 367 g/mol. The van der Waals surface area contributed by atoms with Crippen molar-refractivity contribution in [3.05, 3.63) is 53.6 Å². The molecular weight excluding hydrogens is 342 g/mol. The topological polar surface area (TPSA) is 54.0 Å². The van der Waals surface area contributed by atoms with Crippen molar-refractivity contribution < 1.29 is 14.3 Å². The average molecular weight is 367 g/mol. The van der Waals surface area contributed by atoms with Crippen LogP contribution in [0.3, 0.4) is 0 Å². The number of ether oxygens (including phenoxy) is 2. The van der Waals surface area contributed by atoms with Gasteiger partial charge in [-0.3, -0.25) is 9.69 Å². The molecule has 0 bridgehead atoms. The van der Waals surface area contributed by atoms with Crippen molar-refractivity contribution in [2.45, 2.75) is 12.5 Å². The molecule has 6 nitrogen and oxygen atoms in total. The zero-order valence-corrected chi connectivity index (χ0v) is 15.8. The van der Waals surface area contributed by atoms with E-state index in [4.69, 9.17) is 9.47 Å². The Hall–Kier alpha value is -2.73. The van der Waals surface area contributed by atoms with Crippen LogP contribution in [0.15, 0.2) is 42.5 Å². The van der Waals surface area contributed by atoms with E-state index in [2.05, 4.69) is 34.5 Å². The van der Waals surface area contributed by atoms with Gasteiger partial charge < -0.3 is 19.7 Å². The smallest absolute Gasteiger partial charge is 0.242 e. The maximum absolute atomic E-state index is 12.9. The van der Waals surface area contributed by atoms with Crippen LogP contribution in [0.2, 0.25) is 0 Å². The molecule has 0 saturated carbocycles. The van der Waals surface area contributed by atoms with Crippen molar-refractivity contribution in [2.24, 2.45) is 0 Å². The van der Waals surface area contributed by atoms with E-state index in [1.807, 2.05) is 37.2 Å². The van der Waals surface area contributed by atoms with Crippen LogP contribution in [0.5, 0.6) is 11.5 Å². The maximum Gasteiger partial charge on any atom is 0.242 e. The van der Waals surface area contributed by atoms with Gasteiger partial charge in [0.2, 0.25) is 12.7 Å². The third-order valence-corrected chi connectivity index (χ3v) is 5.14. The first-order chi connectivity index (χ1) is 13.1. The summed E-state index contributed by atoms with van der Waals surface area (Å²) >= 11 is 0. The molecule has 0 spiro atoms. The number of amides is 1. The molecule has 0 radical (unpaired) electrons. The minimum atomic E-state index is -0.370. The molecule has 2 aliphatic rings. The number of likely N-dealkylation sites (N-methyl/N-ethyl adjacent to an activating group) is 1. The Bertz CT molecular complexity index is 837. The summed E-state index contributed by atoms with van der Waals surface area (Å²) < 4.78 is 10.8. The summed E-state index contributed by atoms with van der Waals surface area (Å²) in [6.45, 7) is 2.66. The van der Waals surface area contributed by atoms with Crippen molar-refractivity contribution in [2.75, 3.05) is 45.4 Å². The number of carbonyl (C=O) groups excluding carboxylic acids is 1. The lowest BCUT2D eigenvalue weighted by Gasteiger charge is -2.25. The number of benzene rings is 2. The number of hydrogen-bond donors (Lipinski definition) is 1. The number of rotatable bonds is 6. The summed E-state index contributed by atoms with van der Waals surface area (Å²) in [7, 11) is 3.82. The molecule has 1 amide bonds. The van der Waals surface area contributed by atoms with Gasteiger partial charge in [0.25, 0.3) is 0 Å². The SMILES string of the molecule is CN(C)[C@@H](C(=O)NCCN1CCc2ccccc21)c1ccc2c(c1)OCO2. The summed E-state index contributed by atoms with van der Waals surface area (Å²) in [5.74, 6) is 1.41. The van der Waals surface area contributed by atoms with E-state index in [-0.39, 0.29) is 18.7 Å². The second kappa shape index (κ2) is 7.48. The van der Waals surface area contributed by atoms with Gasteiger partial charge in [0.05, 0.1) is 0 Å². The molecule has 2 aliphatic heterocycles. The molecule has 0 saturated heterocycles. The zero-order valence-electron chi connectivity index (χ0n) is 15.8. The molecular formula is C21H25N3O3. The van der Waals surface area contributed by atoms with Crippen molar-refractivity contribution in [3.8, 4) is 11.5 Å². The summed E-state index contributed by atoms with van der Waals surface area (Å²) in [5, 5.41) is 3.09. The molecule has 2 aromatic rings. The quantitative estimate of drug-likeness (QED) is 0.848. The summed E-state index contributed by atoms with van der Waals surface area (Å²) in [5.41, 5.74) is 3.57. The minimum Gasteiger partial charge on any atom is -0.454 e. The standard InChI is InChI=1S/C21H25N3O3/c1-23(2)20(16-7-8-18-19(13-16)27-14-26-18)21(25)22-10-12-24-11-9-15-5-3-4-6-17(15)24/h3-8,13,20H,9-12,14H2,1-2H3,(H,22,25)/t20-/m1/s1. The molecule has 1 atom stereocenters. The van der Waals surface area contributed by atoms with Gasteiger partial charge in [-0.1, -0.05) is 24.3 Å². The lowest BCUT2D eigenvalue weighted by atomic mass is 10.0. The number of nitrogens with one attached hydrogen (secondary N) is 1. The Labute approximate surface area is 159 Å². The van der Waals surface area contributed by atoms with Crippen LogP contribution in [-0.4, -0.2) is 51.3 Å². The second-order valence-corrected chi connectivity index (χ2v) is 7.14. The molecule has 4 rings (SSSR count). The Balaban J connectivity index is 1.39. The number of para-hydroxylation sites is 1. The van der Waals surface area contributed by atoms with Gasteiger partial charge in [0.15, 0.2) is 11.5 Å². The molecule has 27 heavy (non-hydrogen) atoms. The Kier molecular flexibility index (Phi) is 4.90. The molecule has 2 heterocycles. The van der Waals surface area contributed by atoms with Crippen LogP contribution in [0.25, 0.3) is 0 Å². The highest BCUT2D eigenvalue weighted by Crippen LogP contribution is 2.35. The fraction of sp³-hybridized carbons (Fsp3) is 0.381. The molecule has 0 unspecified atom stereocenters. The first kappa shape index (κ1) is 17.7. The van der Waals surface area contributed by atoms with E-state index in [9.17, 15) is 4.79 Å². The largest absolute Gasteiger partial charge is 0.454 e. The van der Waals surface area contributed by atoms with E-state index in [1.165, 1.54) is 11.3 Å². The average Bonchev–Trinajstić information content (AvgIpc) is 3.28. The Morgan fingerprint density at radius 2 is 2.00 bits per heavy atom. The van der Waals surface area contributed by atoms with Crippen molar-refractivity contribution in [3.63, 3.8) is 0 Å². The summed E-state index contributed by atoms with van der Waals surface area (Å²) in [6, 6.07) is 13.8. The molecule has 0 aliphatic carbocycles. The Morgan fingerprint density at radius 1 is 1.19 bits per heavy atom. The predicted octanol–water partition coefficient (Wildman–Crippen LogP) is 2.20. The van der Waals surface area contributed by atoms with Crippen LogP contribution in [0, 0.1) is 0 Å². The van der Waals surface area contributed by atoms with Crippen LogP contribution >= 0.6 is 0 Å². The highest BCUT2D eigenvalue weighted by Gasteiger charge is 2.26. The van der Waals surface area contributed by atoms with E-state index in [0.29, 0.717) is 12.3 Å². The third-order valence-electron chi connectivity index (χ3n) is 5.14. The van der Waals surface area contributed by atoms with Gasteiger partial charge in [-0.2, -0.15) is 0 Å². The van der Waals surface area contributed by atoms with E-state index in [0.717, 1.165) is 30.8 Å². The molecule has 2 aromatic carbocycles. The zero-order chi connectivity index (χ0) is 18.8. The van der Waals surface area contributed by atoms with Gasteiger partial charge in [-0.15, -0.1) is 0 Å². The fourth-order valence-corrected chi connectivity index (χ4v) is 3.82. The number of anilines is 1. The van der Waals surface area contributed by atoms with Gasteiger partial charge in [0.1, 0.15) is 6.04 Å². The molecule has 1 N–H and O–H groups in total. The summed E-state index contributed by atoms with van der Waals surface area (Å²) in [4.78, 5) is 17.1. The first-order valence-electron chi connectivity index (χ1n) is 9.30. The molecule has 142 valence electrons. The Morgan fingerprint density at radius 3 is 2.85 bits per heavy atom. The lowest BCUT2D eigenvalue weighted by Crippen LogP contribution is -2.40. The third kappa shape index (κ3) is 3.57. The van der Waals surface area contributed by atoms with Gasteiger partial charge in [-0.05, 0) is 49.8 Å². The number of carbonyl (C=O) groups is 1. The van der Waals surface area contributed by atoms with Gasteiger partial charge >= 0.3 is 0 Å². The van der Waals surface area contributed by atoms with Crippen LogP contribution in [0.1, 0.15) is 17.2 Å². The predicted molar refractivity (Wildman–Crippen MR) is 104 cm³/mol. The second-order valence-electron chi connectivity index (χ2n) is 7.14. The highest BCUT2D eigenvalue weighted by molar-refractivity contribution is 5.83. The van der Waals surface area contributed by atoms with Gasteiger partial charge in [-0.25, -0.2) is 0 Å². The van der Waals surface area contributed by atoms with E-state index in [1.54, 1.807) is 0 Å². The van der Waals surface area contributed by atoms with Crippen LogP contribution in [-0.2, 0) is 11.2 Å². The highest BCUT2D eigenvalue weighted by atomic mass is 16.7. The van der Waals surface area contributed by atoms with Crippen LogP contribution in [0.4, 0.5) is 5.69 Å². The number of hydrogen-bond acceptors (Lipinski definition) is 5. The van der Waals surface area contributed by atoms with Crippen LogP contribution < -0.4 is 19.7 Å². The van der Waals surface area contributed by atoms with Crippen molar-refractivity contribution >= 4 is 11.6 Å². The summed E-state index contributed by atoms with van der Waals surface area (Å²) in [6.07, 6.45) is 1.07. The molecule has 6 heteroatoms.